The molecule has 2 amide bonds. The molecule has 7 nitrogen and oxygen atoms in total. The van der Waals surface area contributed by atoms with E-state index in [0.717, 1.165) is 10.2 Å². The van der Waals surface area contributed by atoms with Gasteiger partial charge in [0.2, 0.25) is 0 Å². The number of hydrogen-bond acceptors (Lipinski definition) is 6. The Morgan fingerprint density at radius 2 is 1.50 bits per heavy atom. The molecule has 1 fully saturated rings. The smallest absolute Gasteiger partial charge is 0.259 e. The van der Waals surface area contributed by atoms with Gasteiger partial charge >= 0.3 is 0 Å². The fourth-order valence-electron chi connectivity index (χ4n) is 4.53. The Balaban J connectivity index is 1.18. The first kappa shape index (κ1) is 27.4. The van der Waals surface area contributed by atoms with Crippen molar-refractivity contribution in [2.75, 3.05) is 10.2 Å². The van der Waals surface area contributed by atoms with Crippen molar-refractivity contribution < 1.29 is 27.9 Å². The van der Waals surface area contributed by atoms with Crippen LogP contribution in [0.25, 0.3) is 10.2 Å². The van der Waals surface area contributed by atoms with Gasteiger partial charge in [-0.15, -0.1) is 11.3 Å². The highest BCUT2D eigenvalue weighted by Gasteiger charge is 2.52. The number of para-hydroxylation sites is 1. The molecule has 10 heteroatoms. The molecule has 42 heavy (non-hydrogen) atoms. The van der Waals surface area contributed by atoms with E-state index < -0.39 is 35.7 Å². The summed E-state index contributed by atoms with van der Waals surface area (Å²) in [6, 6.07) is 25.3. The standard InChI is InChI=1S/C32H23F2N3O4S/c33-21-9-5-19(6-10-21)18-37(32(40)30-29(41-30)31(39)35-23-13-11-22(34)12-14-23)24-15-7-20(8-16-24)26(38)17-28-36-25-3-1-2-4-27(25)42-28/h1-16,29-30H,17-18H2,(H,35,39)/t29-,30-/m0/s1. The number of nitrogens with zero attached hydrogens (tertiary/aromatic N) is 2. The highest BCUT2D eigenvalue weighted by atomic mass is 32.1. The van der Waals surface area contributed by atoms with Gasteiger partial charge in [0.05, 0.1) is 23.2 Å². The molecular formula is C32H23F2N3O4S. The average Bonchev–Trinajstić information content (AvgIpc) is 3.70. The number of carbonyl (C=O) groups excluding carboxylic acids is 3. The summed E-state index contributed by atoms with van der Waals surface area (Å²) < 4.78 is 33.2. The lowest BCUT2D eigenvalue weighted by Gasteiger charge is -2.23. The zero-order valence-corrected chi connectivity index (χ0v) is 22.8. The van der Waals surface area contributed by atoms with Crippen LogP contribution in [-0.4, -0.2) is 34.8 Å². The van der Waals surface area contributed by atoms with Gasteiger partial charge in [0.25, 0.3) is 11.8 Å². The number of hydrogen-bond donors (Lipinski definition) is 1. The lowest BCUT2D eigenvalue weighted by Crippen LogP contribution is -2.36. The Morgan fingerprint density at radius 1 is 0.833 bits per heavy atom. The molecule has 0 saturated carbocycles. The van der Waals surface area contributed by atoms with Crippen LogP contribution in [0.1, 0.15) is 20.9 Å². The number of anilines is 2. The maximum absolute atomic E-state index is 13.6. The van der Waals surface area contributed by atoms with Gasteiger partial charge in [0.15, 0.2) is 18.0 Å². The number of epoxide rings is 1. The van der Waals surface area contributed by atoms with E-state index in [4.69, 9.17) is 4.74 Å². The molecule has 4 aromatic carbocycles. The van der Waals surface area contributed by atoms with Crippen LogP contribution in [0, 0.1) is 11.6 Å². The van der Waals surface area contributed by atoms with Crippen molar-refractivity contribution in [1.29, 1.82) is 0 Å². The minimum absolute atomic E-state index is 0.0876. The topological polar surface area (TPSA) is 91.9 Å². The van der Waals surface area contributed by atoms with Gasteiger partial charge < -0.3 is 15.0 Å². The third kappa shape index (κ3) is 6.09. The number of nitrogens with one attached hydrogen (secondary N) is 1. The molecule has 0 radical (unpaired) electrons. The highest BCUT2D eigenvalue weighted by Crippen LogP contribution is 2.30. The Bertz CT molecular complexity index is 1740. The first-order valence-electron chi connectivity index (χ1n) is 13.1. The van der Waals surface area contributed by atoms with Crippen LogP contribution in [0.4, 0.5) is 20.2 Å². The maximum Gasteiger partial charge on any atom is 0.259 e. The van der Waals surface area contributed by atoms with Gasteiger partial charge in [0, 0.05) is 16.9 Å². The molecule has 5 aromatic rings. The van der Waals surface area contributed by atoms with Crippen LogP contribution in [0.2, 0.25) is 0 Å². The number of Topliss-reactive ketones (excluding diaryl/α,β-unsaturated/α-hetero) is 1. The van der Waals surface area contributed by atoms with E-state index >= 15 is 0 Å². The predicted octanol–water partition coefficient (Wildman–Crippen LogP) is 5.94. The first-order chi connectivity index (χ1) is 20.3. The van der Waals surface area contributed by atoms with Crippen LogP contribution >= 0.6 is 11.3 Å². The normalized spacial score (nSPS) is 15.8. The molecule has 0 aliphatic carbocycles. The minimum atomic E-state index is -1.04. The zero-order chi connectivity index (χ0) is 29.2. The summed E-state index contributed by atoms with van der Waals surface area (Å²) in [6.45, 7) is 0.0876. The fraction of sp³-hybridized carbons (Fsp3) is 0.125. The summed E-state index contributed by atoms with van der Waals surface area (Å²) >= 11 is 1.47. The molecule has 210 valence electrons. The van der Waals surface area contributed by atoms with Crippen molar-refractivity contribution in [2.24, 2.45) is 0 Å². The quantitative estimate of drug-likeness (QED) is 0.171. The second-order valence-corrected chi connectivity index (χ2v) is 10.9. The summed E-state index contributed by atoms with van der Waals surface area (Å²) in [4.78, 5) is 45.2. The molecule has 0 spiro atoms. The lowest BCUT2D eigenvalue weighted by atomic mass is 10.1. The largest absolute Gasteiger partial charge is 0.349 e. The third-order valence-corrected chi connectivity index (χ3v) is 7.81. The Kier molecular flexibility index (Phi) is 7.56. The molecular weight excluding hydrogens is 560 g/mol. The van der Waals surface area contributed by atoms with Crippen LogP contribution in [0.3, 0.4) is 0 Å². The number of amides is 2. The van der Waals surface area contributed by atoms with E-state index in [1.165, 1.54) is 52.6 Å². The maximum atomic E-state index is 13.6. The summed E-state index contributed by atoms with van der Waals surface area (Å²) in [5.74, 6) is -1.95. The van der Waals surface area contributed by atoms with Crippen LogP contribution in [0.5, 0.6) is 0 Å². The van der Waals surface area contributed by atoms with E-state index in [-0.39, 0.29) is 18.7 Å². The van der Waals surface area contributed by atoms with Gasteiger partial charge in [-0.2, -0.15) is 0 Å². The van der Waals surface area contributed by atoms with Gasteiger partial charge in [-0.25, -0.2) is 13.8 Å². The highest BCUT2D eigenvalue weighted by molar-refractivity contribution is 7.18. The second kappa shape index (κ2) is 11.6. The molecule has 1 aromatic heterocycles. The van der Waals surface area contributed by atoms with Crippen molar-refractivity contribution in [1.82, 2.24) is 4.98 Å². The van der Waals surface area contributed by atoms with Gasteiger partial charge in [-0.3, -0.25) is 14.4 Å². The summed E-state index contributed by atoms with van der Waals surface area (Å²) in [7, 11) is 0. The van der Waals surface area contributed by atoms with Crippen LogP contribution in [-0.2, 0) is 27.3 Å². The third-order valence-electron chi connectivity index (χ3n) is 6.78. The van der Waals surface area contributed by atoms with Crippen molar-refractivity contribution >= 4 is 50.5 Å². The number of fused-ring (bicyclic) bond motifs is 1. The molecule has 6 rings (SSSR count). The zero-order valence-electron chi connectivity index (χ0n) is 22.0. The number of carbonyl (C=O) groups is 3. The molecule has 1 N–H and O–H groups in total. The van der Waals surface area contributed by atoms with Crippen LogP contribution in [0.15, 0.2) is 97.1 Å². The molecule has 1 aliphatic rings. The van der Waals surface area contributed by atoms with E-state index in [2.05, 4.69) is 10.3 Å². The van der Waals surface area contributed by atoms with Gasteiger partial charge in [0.1, 0.15) is 16.6 Å². The molecule has 0 bridgehead atoms. The molecule has 0 unspecified atom stereocenters. The molecule has 2 atom stereocenters. The lowest BCUT2D eigenvalue weighted by molar-refractivity contribution is -0.120. The number of rotatable bonds is 9. The van der Waals surface area contributed by atoms with Crippen molar-refractivity contribution in [3.63, 3.8) is 0 Å². The van der Waals surface area contributed by atoms with Crippen molar-refractivity contribution in [3.8, 4) is 0 Å². The summed E-state index contributed by atoms with van der Waals surface area (Å²) in [6.07, 6.45) is -1.91. The molecule has 2 heterocycles. The van der Waals surface area contributed by atoms with Crippen molar-refractivity contribution in [2.45, 2.75) is 25.2 Å². The molecule has 1 saturated heterocycles. The summed E-state index contributed by atoms with van der Waals surface area (Å²) in [5.41, 5.74) is 2.83. The second-order valence-electron chi connectivity index (χ2n) is 9.75. The number of aromatic nitrogens is 1. The monoisotopic (exact) mass is 583 g/mol. The van der Waals surface area contributed by atoms with E-state index in [0.29, 0.717) is 27.5 Å². The Morgan fingerprint density at radius 3 is 2.19 bits per heavy atom. The number of halogens is 2. The molecule has 1 aliphatic heterocycles. The predicted molar refractivity (Wildman–Crippen MR) is 155 cm³/mol. The Hall–Kier alpha value is -4.80. The summed E-state index contributed by atoms with van der Waals surface area (Å²) in [5, 5.41) is 3.33. The number of ether oxygens (including phenoxy) is 1. The van der Waals surface area contributed by atoms with Crippen LogP contribution < -0.4 is 10.2 Å². The SMILES string of the molecule is O=C(Cc1nc2ccccc2s1)c1ccc(N(Cc2ccc(F)cc2)C(=O)[C@H]2O[C@@H]2C(=O)Nc2ccc(F)cc2)cc1. The van der Waals surface area contributed by atoms with E-state index in [1.807, 2.05) is 24.3 Å². The number of thiazole rings is 1. The Labute approximate surface area is 243 Å². The van der Waals surface area contributed by atoms with Gasteiger partial charge in [-0.05, 0) is 78.4 Å². The number of ketones is 1. The van der Waals surface area contributed by atoms with E-state index in [9.17, 15) is 23.2 Å². The first-order valence-corrected chi connectivity index (χ1v) is 13.9. The average molecular weight is 584 g/mol. The minimum Gasteiger partial charge on any atom is -0.349 e. The van der Waals surface area contributed by atoms with E-state index in [1.54, 1.807) is 36.4 Å². The fourth-order valence-corrected chi connectivity index (χ4v) is 5.50. The van der Waals surface area contributed by atoms with Crippen molar-refractivity contribution in [3.05, 3.63) is 125 Å². The number of benzene rings is 4. The van der Waals surface area contributed by atoms with Gasteiger partial charge in [-0.1, -0.05) is 24.3 Å².